The Morgan fingerprint density at radius 3 is 3.04 bits per heavy atom. The topological polar surface area (TPSA) is 57.2 Å². The van der Waals surface area contributed by atoms with Crippen molar-refractivity contribution in [2.75, 3.05) is 26.6 Å². The second kappa shape index (κ2) is 6.61. The van der Waals surface area contributed by atoms with Crippen molar-refractivity contribution in [3.63, 3.8) is 0 Å². The molecule has 4 rings (SSSR count). The third-order valence-corrected chi connectivity index (χ3v) is 5.03. The average Bonchev–Trinajstić information content (AvgIpc) is 3.21. The van der Waals surface area contributed by atoms with E-state index in [2.05, 4.69) is 0 Å². The van der Waals surface area contributed by atoms with Crippen LogP contribution in [0.2, 0.25) is 0 Å². The van der Waals surface area contributed by atoms with Crippen molar-refractivity contribution in [2.45, 2.75) is 44.4 Å². The van der Waals surface area contributed by atoms with Gasteiger partial charge < -0.3 is 23.8 Å². The lowest BCUT2D eigenvalue weighted by Crippen LogP contribution is -2.54. The molecule has 1 saturated heterocycles. The number of benzene rings is 1. The van der Waals surface area contributed by atoms with Crippen molar-refractivity contribution in [2.24, 2.45) is 0 Å². The van der Waals surface area contributed by atoms with Gasteiger partial charge in [0.2, 0.25) is 12.7 Å². The van der Waals surface area contributed by atoms with Crippen molar-refractivity contribution in [3.05, 3.63) is 23.8 Å². The fourth-order valence-electron chi connectivity index (χ4n) is 3.94. The maximum absolute atomic E-state index is 12.8. The molecule has 6 heteroatoms. The molecule has 6 nitrogen and oxygen atoms in total. The summed E-state index contributed by atoms with van der Waals surface area (Å²) in [6, 6.07) is 5.83. The van der Waals surface area contributed by atoms with Gasteiger partial charge in [-0.3, -0.25) is 4.79 Å². The minimum atomic E-state index is 0.0133. The molecular weight excluding hydrogens is 310 g/mol. The molecule has 2 fully saturated rings. The number of hydrogen-bond acceptors (Lipinski definition) is 5. The number of rotatable bonds is 4. The molecule has 3 aliphatic rings. The van der Waals surface area contributed by atoms with Gasteiger partial charge in [-0.05, 0) is 37.5 Å². The molecule has 1 amide bonds. The molecule has 0 unspecified atom stereocenters. The zero-order valence-electron chi connectivity index (χ0n) is 13.9. The van der Waals surface area contributed by atoms with Gasteiger partial charge in [0.15, 0.2) is 11.5 Å². The Bertz CT molecular complexity index is 619. The molecule has 0 aromatic heterocycles. The molecule has 1 aromatic carbocycles. The monoisotopic (exact) mass is 333 g/mol. The molecule has 0 bridgehead atoms. The first-order valence-electron chi connectivity index (χ1n) is 8.67. The molecule has 130 valence electrons. The third-order valence-electron chi connectivity index (χ3n) is 5.03. The summed E-state index contributed by atoms with van der Waals surface area (Å²) in [6.07, 6.45) is 2.40. The number of hydrogen-bond donors (Lipinski definition) is 0. The smallest absolute Gasteiger partial charge is 0.231 e. The Morgan fingerprint density at radius 1 is 1.29 bits per heavy atom. The van der Waals surface area contributed by atoms with Crippen LogP contribution in [0.1, 0.15) is 25.3 Å². The van der Waals surface area contributed by atoms with E-state index in [1.54, 1.807) is 0 Å². The highest BCUT2D eigenvalue weighted by molar-refractivity contribution is 5.79. The third kappa shape index (κ3) is 2.84. The van der Waals surface area contributed by atoms with E-state index in [-0.39, 0.29) is 30.9 Å². The van der Waals surface area contributed by atoms with Crippen molar-refractivity contribution in [3.8, 4) is 11.5 Å². The van der Waals surface area contributed by atoms with E-state index in [0.29, 0.717) is 26.2 Å². The van der Waals surface area contributed by atoms with Crippen LogP contribution in [0, 0.1) is 0 Å². The van der Waals surface area contributed by atoms with Crippen LogP contribution in [-0.2, 0) is 20.7 Å². The van der Waals surface area contributed by atoms with Crippen LogP contribution < -0.4 is 9.47 Å². The first kappa shape index (κ1) is 15.7. The van der Waals surface area contributed by atoms with Crippen LogP contribution in [0.5, 0.6) is 11.5 Å². The molecule has 1 saturated carbocycles. The van der Waals surface area contributed by atoms with Crippen molar-refractivity contribution >= 4 is 5.91 Å². The maximum atomic E-state index is 12.8. The Hall–Kier alpha value is -1.79. The number of ether oxygens (including phenoxy) is 4. The number of fused-ring (bicyclic) bond motifs is 2. The second-order valence-electron chi connectivity index (χ2n) is 6.43. The van der Waals surface area contributed by atoms with Crippen LogP contribution in [0.25, 0.3) is 0 Å². The molecule has 0 radical (unpaired) electrons. The molecule has 2 aliphatic heterocycles. The van der Waals surface area contributed by atoms with Gasteiger partial charge in [0.1, 0.15) is 6.10 Å². The van der Waals surface area contributed by atoms with E-state index >= 15 is 0 Å². The van der Waals surface area contributed by atoms with Gasteiger partial charge in [-0.15, -0.1) is 0 Å². The summed E-state index contributed by atoms with van der Waals surface area (Å²) in [5.41, 5.74) is 0.951. The van der Waals surface area contributed by atoms with E-state index in [4.69, 9.17) is 18.9 Å². The fraction of sp³-hybridized carbons (Fsp3) is 0.611. The van der Waals surface area contributed by atoms with Gasteiger partial charge in [-0.25, -0.2) is 0 Å². The summed E-state index contributed by atoms with van der Waals surface area (Å²) in [7, 11) is 0. The van der Waals surface area contributed by atoms with E-state index in [0.717, 1.165) is 29.9 Å². The Balaban J connectivity index is 1.44. The summed E-state index contributed by atoms with van der Waals surface area (Å²) in [5.74, 6) is 1.61. The highest BCUT2D eigenvalue weighted by Crippen LogP contribution is 2.34. The van der Waals surface area contributed by atoms with Gasteiger partial charge in [0.25, 0.3) is 0 Å². The number of morpholine rings is 1. The van der Waals surface area contributed by atoms with Crippen LogP contribution >= 0.6 is 0 Å². The molecule has 3 atom stereocenters. The van der Waals surface area contributed by atoms with Gasteiger partial charge in [0, 0.05) is 13.2 Å². The number of amides is 1. The predicted molar refractivity (Wildman–Crippen MR) is 86.2 cm³/mol. The maximum Gasteiger partial charge on any atom is 0.231 e. The van der Waals surface area contributed by atoms with Crippen LogP contribution in [0.15, 0.2) is 18.2 Å². The fourth-order valence-corrected chi connectivity index (χ4v) is 3.94. The van der Waals surface area contributed by atoms with Gasteiger partial charge in [-0.1, -0.05) is 6.07 Å². The highest BCUT2D eigenvalue weighted by atomic mass is 16.7. The summed E-state index contributed by atoms with van der Waals surface area (Å²) in [5, 5.41) is 0. The predicted octanol–water partition coefficient (Wildman–Crippen LogP) is 1.75. The second-order valence-corrected chi connectivity index (χ2v) is 6.43. The molecule has 2 heterocycles. The Labute approximate surface area is 141 Å². The molecule has 0 N–H and O–H groups in total. The van der Waals surface area contributed by atoms with Crippen LogP contribution in [0.3, 0.4) is 0 Å². The van der Waals surface area contributed by atoms with Gasteiger partial charge >= 0.3 is 0 Å². The SMILES string of the molecule is CCO[C@H]1CC[C@H]2[C@H]1OCCN2C(=O)Cc1ccc2c(c1)OCO2. The van der Waals surface area contributed by atoms with Gasteiger partial charge in [0.05, 0.1) is 25.2 Å². The molecular formula is C18H23NO5. The number of carbonyl (C=O) groups excluding carboxylic acids is 1. The summed E-state index contributed by atoms with van der Waals surface area (Å²) >= 11 is 0. The molecule has 0 spiro atoms. The van der Waals surface area contributed by atoms with Crippen LogP contribution in [-0.4, -0.2) is 55.6 Å². The lowest BCUT2D eigenvalue weighted by atomic mass is 10.1. The number of nitrogens with zero attached hydrogens (tertiary/aromatic N) is 1. The molecule has 1 aliphatic carbocycles. The Morgan fingerprint density at radius 2 is 2.17 bits per heavy atom. The quantitative estimate of drug-likeness (QED) is 0.840. The minimum absolute atomic E-state index is 0.0133. The lowest BCUT2D eigenvalue weighted by molar-refractivity contribution is -0.150. The summed E-state index contributed by atoms with van der Waals surface area (Å²) in [4.78, 5) is 14.8. The first-order valence-corrected chi connectivity index (χ1v) is 8.67. The normalized spacial score (nSPS) is 28.0. The van der Waals surface area contributed by atoms with Crippen molar-refractivity contribution in [1.29, 1.82) is 0 Å². The Kier molecular flexibility index (Phi) is 4.33. The zero-order valence-corrected chi connectivity index (χ0v) is 13.9. The highest BCUT2D eigenvalue weighted by Gasteiger charge is 2.44. The molecule has 24 heavy (non-hydrogen) atoms. The average molecular weight is 333 g/mol. The minimum Gasteiger partial charge on any atom is -0.454 e. The first-order chi connectivity index (χ1) is 11.8. The van der Waals surface area contributed by atoms with Crippen molar-refractivity contribution in [1.82, 2.24) is 4.90 Å². The summed E-state index contributed by atoms with van der Waals surface area (Å²) in [6.45, 7) is 4.17. The zero-order chi connectivity index (χ0) is 16.5. The van der Waals surface area contributed by atoms with Gasteiger partial charge in [-0.2, -0.15) is 0 Å². The van der Waals surface area contributed by atoms with Crippen LogP contribution in [0.4, 0.5) is 0 Å². The largest absolute Gasteiger partial charge is 0.454 e. The lowest BCUT2D eigenvalue weighted by Gasteiger charge is -2.39. The van der Waals surface area contributed by atoms with E-state index in [1.807, 2.05) is 30.0 Å². The standard InChI is InChI=1S/C18H23NO5/c1-2-21-15-6-4-13-18(15)22-8-7-19(13)17(20)10-12-3-5-14-16(9-12)24-11-23-14/h3,5,9,13,15,18H,2,4,6-8,10-11H2,1H3/t13-,15-,18+/m0/s1. The van der Waals surface area contributed by atoms with E-state index in [9.17, 15) is 4.79 Å². The van der Waals surface area contributed by atoms with E-state index < -0.39 is 0 Å². The summed E-state index contributed by atoms with van der Waals surface area (Å²) < 4.78 is 22.4. The van der Waals surface area contributed by atoms with Crippen molar-refractivity contribution < 1.29 is 23.7 Å². The van der Waals surface area contributed by atoms with E-state index in [1.165, 1.54) is 0 Å². The number of carbonyl (C=O) groups is 1. The molecule has 1 aromatic rings.